The summed E-state index contributed by atoms with van der Waals surface area (Å²) >= 11 is 2.19. The molecule has 2 aromatic carbocycles. The fraction of sp³-hybridized carbons (Fsp3) is 0.176. The van der Waals surface area contributed by atoms with Gasteiger partial charge in [-0.3, -0.25) is 0 Å². The van der Waals surface area contributed by atoms with Crippen LogP contribution in [0.15, 0.2) is 30.3 Å². The minimum atomic E-state index is -1.26. The summed E-state index contributed by atoms with van der Waals surface area (Å²) in [5, 5.41) is 21.7. The fourth-order valence-electron chi connectivity index (χ4n) is 2.67. The van der Waals surface area contributed by atoms with Gasteiger partial charge >= 0.3 is 5.97 Å². The van der Waals surface area contributed by atoms with Crippen LogP contribution in [-0.2, 0) is 6.42 Å². The second-order valence-corrected chi connectivity index (χ2v) is 6.77. The van der Waals surface area contributed by atoms with Crippen LogP contribution in [0.2, 0.25) is 0 Å². The predicted octanol–water partition coefficient (Wildman–Crippen LogP) is 3.66. The van der Waals surface area contributed by atoms with E-state index >= 15 is 0 Å². The minimum Gasteiger partial charge on any atom is -0.478 e. The highest BCUT2D eigenvalue weighted by Gasteiger charge is 2.22. The number of hydrogen-bond donors (Lipinski definition) is 3. The first kappa shape index (κ1) is 17.6. The van der Waals surface area contributed by atoms with Crippen molar-refractivity contribution >= 4 is 51.0 Å². The number of halogens is 2. The second-order valence-electron chi connectivity index (χ2n) is 5.53. The molecule has 0 unspecified atom stereocenters. The second kappa shape index (κ2) is 6.96. The zero-order valence-electron chi connectivity index (χ0n) is 13.3. The van der Waals surface area contributed by atoms with Crippen LogP contribution >= 0.6 is 22.6 Å². The molecule has 0 aliphatic heterocycles. The van der Waals surface area contributed by atoms with Crippen molar-refractivity contribution in [3.05, 3.63) is 50.9 Å². The molecule has 1 aromatic heterocycles. The Morgan fingerprint density at radius 1 is 1.32 bits per heavy atom. The predicted molar refractivity (Wildman–Crippen MR) is 101 cm³/mol. The molecule has 25 heavy (non-hydrogen) atoms. The summed E-state index contributed by atoms with van der Waals surface area (Å²) in [6.07, 6.45) is 0.00321. The van der Waals surface area contributed by atoms with Crippen molar-refractivity contribution in [1.29, 1.82) is 0 Å². The highest BCUT2D eigenvalue weighted by Crippen LogP contribution is 2.31. The number of nitrogens with zero attached hydrogens (tertiary/aromatic N) is 2. The lowest BCUT2D eigenvalue weighted by Gasteiger charge is -2.13. The highest BCUT2D eigenvalue weighted by molar-refractivity contribution is 14.1. The van der Waals surface area contributed by atoms with Crippen molar-refractivity contribution in [3.8, 4) is 0 Å². The first-order valence-corrected chi connectivity index (χ1v) is 8.58. The van der Waals surface area contributed by atoms with E-state index in [9.17, 15) is 14.4 Å². The maximum atomic E-state index is 14.5. The minimum absolute atomic E-state index is 0.00321. The topological polar surface area (TPSA) is 87.4 Å². The molecule has 130 valence electrons. The van der Waals surface area contributed by atoms with E-state index in [4.69, 9.17) is 5.11 Å². The molecule has 0 saturated carbocycles. The fourth-order valence-corrected chi connectivity index (χ4v) is 3.32. The molecule has 3 N–H and O–H groups in total. The summed E-state index contributed by atoms with van der Waals surface area (Å²) in [5.74, 6) is -1.27. The molecule has 6 nitrogen and oxygen atoms in total. The normalized spacial score (nSPS) is 11.0. The van der Waals surface area contributed by atoms with Crippen LogP contribution in [0.25, 0.3) is 11.0 Å². The lowest BCUT2D eigenvalue weighted by Crippen LogP contribution is -2.06. The van der Waals surface area contributed by atoms with Gasteiger partial charge in [-0.1, -0.05) is 4.48 Å². The number of carbonyl (C=O) groups is 1. The third kappa shape index (κ3) is 3.31. The van der Waals surface area contributed by atoms with Crippen molar-refractivity contribution in [2.45, 2.75) is 13.3 Å². The van der Waals surface area contributed by atoms with Crippen LogP contribution in [0.3, 0.4) is 0 Å². The van der Waals surface area contributed by atoms with Gasteiger partial charge in [0.25, 0.3) is 0 Å². The van der Waals surface area contributed by atoms with E-state index in [1.165, 1.54) is 0 Å². The molecule has 1 heterocycles. The van der Waals surface area contributed by atoms with Crippen molar-refractivity contribution in [3.63, 3.8) is 0 Å². The zero-order chi connectivity index (χ0) is 18.1. The van der Waals surface area contributed by atoms with E-state index in [0.29, 0.717) is 0 Å². The van der Waals surface area contributed by atoms with Crippen molar-refractivity contribution in [2.24, 2.45) is 0 Å². The number of aromatic nitrogens is 2. The number of aryl methyl sites for hydroxylation is 1. The van der Waals surface area contributed by atoms with Crippen molar-refractivity contribution < 1.29 is 19.5 Å². The Hall–Kier alpha value is -2.20. The monoisotopic (exact) mass is 455 g/mol. The van der Waals surface area contributed by atoms with Gasteiger partial charge in [-0.15, -0.1) is 0 Å². The summed E-state index contributed by atoms with van der Waals surface area (Å²) in [6, 6.07) is 8.83. The van der Waals surface area contributed by atoms with Gasteiger partial charge in [0.05, 0.1) is 17.8 Å². The molecule has 3 rings (SSSR count). The Balaban J connectivity index is 2.16. The Morgan fingerprint density at radius 3 is 2.68 bits per heavy atom. The molecule has 0 fully saturated rings. The summed E-state index contributed by atoms with van der Waals surface area (Å²) in [7, 11) is 0. The number of aliphatic hydroxyl groups is 1. The Bertz CT molecular complexity index is 971. The van der Waals surface area contributed by atoms with E-state index < -0.39 is 5.97 Å². The molecule has 8 heteroatoms. The maximum Gasteiger partial charge on any atom is 0.340 e. The number of carboxylic acid groups (broad SMARTS) is 1. The highest BCUT2D eigenvalue weighted by atomic mass is 127. The molecule has 0 radical (unpaired) electrons. The number of aliphatic hydroxyl groups excluding tert-OH is 1. The molecule has 0 spiro atoms. The van der Waals surface area contributed by atoms with Gasteiger partial charge in [-0.05, 0) is 65.4 Å². The molecule has 0 saturated heterocycles. The van der Waals surface area contributed by atoms with Gasteiger partial charge in [-0.25, -0.2) is 9.78 Å². The van der Waals surface area contributed by atoms with E-state index in [0.717, 1.165) is 14.8 Å². The number of anilines is 2. The molecule has 0 aliphatic rings. The lowest BCUT2D eigenvalue weighted by atomic mass is 10.1. The third-order valence-corrected chi connectivity index (χ3v) is 4.51. The van der Waals surface area contributed by atoms with E-state index in [2.05, 4.69) is 32.9 Å². The molecular weight excluding hydrogens is 440 g/mol. The molecule has 3 aromatic rings. The van der Waals surface area contributed by atoms with Gasteiger partial charge < -0.3 is 15.5 Å². The molecule has 0 bridgehead atoms. The van der Waals surface area contributed by atoms with Gasteiger partial charge in [0.1, 0.15) is 16.9 Å². The first-order valence-electron chi connectivity index (χ1n) is 7.50. The quantitative estimate of drug-likeness (QED) is 0.512. The molecule has 0 aliphatic carbocycles. The van der Waals surface area contributed by atoms with Gasteiger partial charge in [0.2, 0.25) is 0 Å². The van der Waals surface area contributed by atoms with Crippen molar-refractivity contribution in [1.82, 2.24) is 9.77 Å². The van der Waals surface area contributed by atoms with Crippen LogP contribution in [-0.4, -0.2) is 32.6 Å². The number of carboxylic acids is 1. The SMILES string of the molecule is Cc1cc(I)ccc1Nc1ccc2nc(CCO)n(F)c2c1C(=O)O. The number of rotatable bonds is 5. The van der Waals surface area contributed by atoms with Crippen LogP contribution in [0.1, 0.15) is 21.7 Å². The smallest absolute Gasteiger partial charge is 0.340 e. The summed E-state index contributed by atoms with van der Waals surface area (Å²) in [4.78, 5) is 16.1. The summed E-state index contributed by atoms with van der Waals surface area (Å²) in [6.45, 7) is 1.63. The first-order chi connectivity index (χ1) is 11.9. The number of aromatic carboxylic acids is 1. The number of imidazole rings is 1. The average molecular weight is 455 g/mol. The maximum absolute atomic E-state index is 14.5. The summed E-state index contributed by atoms with van der Waals surface area (Å²) in [5.41, 5.74) is 1.87. The number of fused-ring (bicyclic) bond motifs is 1. The summed E-state index contributed by atoms with van der Waals surface area (Å²) < 4.78 is 15.6. The van der Waals surface area contributed by atoms with Crippen LogP contribution in [0.5, 0.6) is 0 Å². The third-order valence-electron chi connectivity index (χ3n) is 3.84. The van der Waals surface area contributed by atoms with Crippen LogP contribution in [0.4, 0.5) is 15.9 Å². The Kier molecular flexibility index (Phi) is 4.91. The molecule has 0 amide bonds. The molecular formula is C17H15FIN3O3. The van der Waals surface area contributed by atoms with E-state index in [-0.39, 0.29) is 45.9 Å². The Morgan fingerprint density at radius 2 is 2.04 bits per heavy atom. The van der Waals surface area contributed by atoms with Crippen LogP contribution < -0.4 is 5.32 Å². The van der Waals surface area contributed by atoms with Gasteiger partial charge in [0, 0.05) is 15.7 Å². The standard InChI is InChI=1S/C17H15FIN3O3/c1-9-8-10(19)2-3-11(9)20-12-4-5-13-16(15(12)17(24)25)22(18)14(21-13)6-7-23/h2-5,8,20,23H,6-7H2,1H3,(H,24,25). The van der Waals surface area contributed by atoms with Crippen LogP contribution in [0, 0.1) is 10.5 Å². The number of nitrogens with one attached hydrogen (secondary N) is 1. The zero-order valence-corrected chi connectivity index (χ0v) is 15.4. The van der Waals surface area contributed by atoms with Gasteiger partial charge in [-0.2, -0.15) is 4.79 Å². The largest absolute Gasteiger partial charge is 0.478 e. The van der Waals surface area contributed by atoms with E-state index in [1.807, 2.05) is 25.1 Å². The van der Waals surface area contributed by atoms with Crippen molar-refractivity contribution in [2.75, 3.05) is 11.9 Å². The number of hydrogen-bond acceptors (Lipinski definition) is 4. The van der Waals surface area contributed by atoms with Gasteiger partial charge in [0.15, 0.2) is 0 Å². The number of benzene rings is 2. The molecule has 0 atom stereocenters. The van der Waals surface area contributed by atoms with E-state index in [1.54, 1.807) is 12.1 Å². The Labute approximate surface area is 156 Å². The lowest BCUT2D eigenvalue weighted by molar-refractivity contribution is 0.0699. The average Bonchev–Trinajstić information content (AvgIpc) is 2.86.